The molecule has 0 aromatic rings. The molecule has 0 amide bonds. The SMILES string of the molecule is C[C@H]1C=C2C=C[C@H](C)[C@H](CC[C@@H]3C[C@@H](O[Si](C)(C)C(C)(C)C)CC(=O)O3)[C@H]2[C@@H](OO)C1. The number of cyclic esters (lactones) is 1. The van der Waals surface area contributed by atoms with Crippen LogP contribution in [-0.2, 0) is 18.8 Å². The summed E-state index contributed by atoms with van der Waals surface area (Å²) in [5.74, 6) is 1.21. The summed E-state index contributed by atoms with van der Waals surface area (Å²) in [6, 6.07) is 0. The van der Waals surface area contributed by atoms with Gasteiger partial charge in [0.2, 0.25) is 0 Å². The van der Waals surface area contributed by atoms with Crippen molar-refractivity contribution in [1.82, 2.24) is 0 Å². The Kier molecular flexibility index (Phi) is 7.56. The minimum atomic E-state index is -1.93. The summed E-state index contributed by atoms with van der Waals surface area (Å²) in [6.07, 6.45) is 10.2. The summed E-state index contributed by atoms with van der Waals surface area (Å²) in [5.41, 5.74) is 1.28. The maximum Gasteiger partial charge on any atom is 0.308 e. The van der Waals surface area contributed by atoms with E-state index < -0.39 is 8.32 Å². The van der Waals surface area contributed by atoms with Crippen molar-refractivity contribution in [2.24, 2.45) is 23.7 Å². The molecule has 0 aromatic heterocycles. The molecule has 3 rings (SSSR count). The number of rotatable bonds is 6. The number of hydrogen-bond acceptors (Lipinski definition) is 5. The molecule has 0 bridgehead atoms. The molecule has 0 saturated carbocycles. The number of carbonyl (C=O) groups excluding carboxylic acids is 1. The normalized spacial score (nSPS) is 36.6. The molecule has 31 heavy (non-hydrogen) atoms. The fourth-order valence-corrected chi connectivity index (χ4v) is 6.66. The zero-order valence-electron chi connectivity index (χ0n) is 20.4. The summed E-state index contributed by atoms with van der Waals surface area (Å²) in [4.78, 5) is 17.3. The van der Waals surface area contributed by atoms with Crippen molar-refractivity contribution >= 4 is 14.3 Å². The summed E-state index contributed by atoms with van der Waals surface area (Å²) >= 11 is 0. The average Bonchev–Trinajstić information content (AvgIpc) is 2.65. The minimum absolute atomic E-state index is 0.0460. The molecule has 0 aromatic carbocycles. The van der Waals surface area contributed by atoms with Crippen LogP contribution in [0, 0.1) is 23.7 Å². The Labute approximate surface area is 189 Å². The van der Waals surface area contributed by atoms with Crippen LogP contribution < -0.4 is 0 Å². The Bertz CT molecular complexity index is 707. The van der Waals surface area contributed by atoms with E-state index in [1.165, 1.54) is 5.57 Å². The first-order valence-corrected chi connectivity index (χ1v) is 14.9. The molecule has 176 valence electrons. The smallest absolute Gasteiger partial charge is 0.308 e. The second-order valence-electron chi connectivity index (χ2n) is 11.6. The molecule has 1 aliphatic heterocycles. The molecule has 7 atom stereocenters. The number of esters is 1. The summed E-state index contributed by atoms with van der Waals surface area (Å²) in [5, 5.41) is 9.70. The van der Waals surface area contributed by atoms with Crippen LogP contribution in [0.2, 0.25) is 18.1 Å². The third kappa shape index (κ3) is 5.70. The maximum atomic E-state index is 12.3. The van der Waals surface area contributed by atoms with Crippen LogP contribution in [0.15, 0.2) is 23.8 Å². The van der Waals surface area contributed by atoms with E-state index in [2.05, 4.69) is 65.9 Å². The third-order valence-electron chi connectivity index (χ3n) is 8.04. The van der Waals surface area contributed by atoms with Gasteiger partial charge in [0, 0.05) is 12.3 Å². The minimum Gasteiger partial charge on any atom is -0.462 e. The van der Waals surface area contributed by atoms with E-state index in [0.29, 0.717) is 24.2 Å². The number of fused-ring (bicyclic) bond motifs is 1. The molecule has 1 saturated heterocycles. The summed E-state index contributed by atoms with van der Waals surface area (Å²) in [7, 11) is -1.93. The van der Waals surface area contributed by atoms with Gasteiger partial charge < -0.3 is 9.16 Å². The molecule has 0 unspecified atom stereocenters. The lowest BCUT2D eigenvalue weighted by atomic mass is 9.65. The highest BCUT2D eigenvalue weighted by atomic mass is 28.4. The van der Waals surface area contributed by atoms with Crippen LogP contribution in [0.25, 0.3) is 0 Å². The highest BCUT2D eigenvalue weighted by molar-refractivity contribution is 6.74. The first-order chi connectivity index (χ1) is 14.4. The van der Waals surface area contributed by atoms with Crippen molar-refractivity contribution in [3.63, 3.8) is 0 Å². The fraction of sp³-hybridized carbons (Fsp3) is 0.800. The zero-order valence-corrected chi connectivity index (χ0v) is 21.4. The van der Waals surface area contributed by atoms with E-state index in [9.17, 15) is 10.1 Å². The van der Waals surface area contributed by atoms with E-state index >= 15 is 0 Å². The van der Waals surface area contributed by atoms with Crippen molar-refractivity contribution in [1.29, 1.82) is 0 Å². The van der Waals surface area contributed by atoms with Gasteiger partial charge in [0.15, 0.2) is 8.32 Å². The van der Waals surface area contributed by atoms with Gasteiger partial charge >= 0.3 is 5.97 Å². The lowest BCUT2D eigenvalue weighted by molar-refractivity contribution is -0.295. The van der Waals surface area contributed by atoms with Gasteiger partial charge in [0.05, 0.1) is 12.5 Å². The molecular weight excluding hydrogens is 408 g/mol. The first kappa shape index (κ1) is 24.7. The van der Waals surface area contributed by atoms with Gasteiger partial charge in [0.1, 0.15) is 12.2 Å². The van der Waals surface area contributed by atoms with E-state index in [-0.39, 0.29) is 35.2 Å². The lowest BCUT2D eigenvalue weighted by Gasteiger charge is -2.43. The van der Waals surface area contributed by atoms with Gasteiger partial charge in [-0.3, -0.25) is 10.1 Å². The predicted octanol–water partition coefficient (Wildman–Crippen LogP) is 6.13. The summed E-state index contributed by atoms with van der Waals surface area (Å²) in [6.45, 7) is 15.6. The Balaban J connectivity index is 1.66. The Morgan fingerprint density at radius 1 is 1.19 bits per heavy atom. The second kappa shape index (κ2) is 9.50. The van der Waals surface area contributed by atoms with Crippen LogP contribution in [0.5, 0.6) is 0 Å². The van der Waals surface area contributed by atoms with Crippen molar-refractivity contribution in [2.45, 2.75) is 103 Å². The second-order valence-corrected chi connectivity index (χ2v) is 16.3. The van der Waals surface area contributed by atoms with Gasteiger partial charge in [-0.05, 0) is 60.7 Å². The van der Waals surface area contributed by atoms with Crippen LogP contribution in [0.3, 0.4) is 0 Å². The number of carbonyl (C=O) groups is 1. The maximum absolute atomic E-state index is 12.3. The van der Waals surface area contributed by atoms with E-state index in [4.69, 9.17) is 14.1 Å². The van der Waals surface area contributed by atoms with E-state index in [1.807, 2.05) is 0 Å². The van der Waals surface area contributed by atoms with Crippen molar-refractivity contribution in [3.8, 4) is 0 Å². The quantitative estimate of drug-likeness (QED) is 0.228. The third-order valence-corrected chi connectivity index (χ3v) is 12.6. The average molecular weight is 451 g/mol. The molecule has 6 heteroatoms. The number of hydrogen-bond donors (Lipinski definition) is 1. The topological polar surface area (TPSA) is 65.0 Å². The van der Waals surface area contributed by atoms with Crippen LogP contribution in [0.4, 0.5) is 0 Å². The molecule has 5 nitrogen and oxygen atoms in total. The van der Waals surface area contributed by atoms with E-state index in [0.717, 1.165) is 25.7 Å². The van der Waals surface area contributed by atoms with Gasteiger partial charge in [-0.1, -0.05) is 52.8 Å². The highest BCUT2D eigenvalue weighted by Crippen LogP contribution is 2.45. The van der Waals surface area contributed by atoms with Crippen LogP contribution >= 0.6 is 0 Å². The van der Waals surface area contributed by atoms with Crippen LogP contribution in [-0.4, -0.2) is 37.9 Å². The molecule has 3 aliphatic rings. The van der Waals surface area contributed by atoms with Crippen molar-refractivity contribution in [3.05, 3.63) is 23.8 Å². The van der Waals surface area contributed by atoms with Crippen LogP contribution in [0.1, 0.15) is 66.7 Å². The molecule has 1 fully saturated rings. The fourth-order valence-electron chi connectivity index (χ4n) is 5.29. The number of ether oxygens (including phenoxy) is 1. The molecular formula is C25H42O5Si. The van der Waals surface area contributed by atoms with Crippen molar-refractivity contribution in [2.75, 3.05) is 0 Å². The zero-order chi connectivity index (χ0) is 23.0. The van der Waals surface area contributed by atoms with Gasteiger partial charge in [-0.2, -0.15) is 0 Å². The van der Waals surface area contributed by atoms with Gasteiger partial charge in [-0.25, -0.2) is 4.89 Å². The first-order valence-electron chi connectivity index (χ1n) is 12.0. The molecule has 2 aliphatic carbocycles. The molecule has 0 radical (unpaired) electrons. The molecule has 0 spiro atoms. The van der Waals surface area contributed by atoms with Gasteiger partial charge in [0.25, 0.3) is 0 Å². The molecule has 1 N–H and O–H groups in total. The van der Waals surface area contributed by atoms with Crippen molar-refractivity contribution < 1.29 is 24.1 Å². The Morgan fingerprint density at radius 3 is 2.55 bits per heavy atom. The van der Waals surface area contributed by atoms with E-state index in [1.54, 1.807) is 0 Å². The highest BCUT2D eigenvalue weighted by Gasteiger charge is 2.43. The predicted molar refractivity (Wildman–Crippen MR) is 125 cm³/mol. The standard InChI is InChI=1S/C25H42O5Si/c1-16-12-18-9-8-17(2)21(24(18)22(13-16)29-27)11-10-19-14-20(15-23(26)28-19)30-31(6,7)25(3,4)5/h8-9,12,16-17,19-22,24,27H,10-11,13-15H2,1-7H3/t16-,17-,19+,20+,21-,22-,24-/m0/s1. The number of allylic oxidation sites excluding steroid dienone is 3. The van der Waals surface area contributed by atoms with Gasteiger partial charge in [-0.15, -0.1) is 0 Å². The monoisotopic (exact) mass is 450 g/mol. The summed E-state index contributed by atoms with van der Waals surface area (Å²) < 4.78 is 12.3. The molecule has 1 heterocycles. The lowest BCUT2D eigenvalue weighted by Crippen LogP contribution is -2.47. The Morgan fingerprint density at radius 2 is 1.90 bits per heavy atom. The largest absolute Gasteiger partial charge is 0.462 e. The Hall–Kier alpha value is -0.953.